The van der Waals surface area contributed by atoms with Crippen LogP contribution in [0.15, 0.2) is 42.5 Å². The van der Waals surface area contributed by atoms with Crippen molar-refractivity contribution in [1.82, 2.24) is 5.32 Å². The third kappa shape index (κ3) is 5.97. The first-order valence-corrected chi connectivity index (χ1v) is 11.5. The molecule has 0 heterocycles. The molecule has 158 valence electrons. The predicted molar refractivity (Wildman–Crippen MR) is 117 cm³/mol. The Bertz CT molecular complexity index is 955. The third-order valence-corrected chi connectivity index (χ3v) is 6.24. The molecule has 0 fully saturated rings. The molecule has 1 N–H and O–H groups in total. The van der Waals surface area contributed by atoms with Gasteiger partial charge in [-0.15, -0.1) is 0 Å². The highest BCUT2D eigenvalue weighted by molar-refractivity contribution is 7.92. The molecule has 2 atom stereocenters. The molecule has 0 saturated carbocycles. The maximum absolute atomic E-state index is 12.6. The molecule has 1 amide bonds. The van der Waals surface area contributed by atoms with E-state index in [1.807, 2.05) is 13.0 Å². The average molecular weight is 419 g/mol. The minimum Gasteiger partial charge on any atom is -0.481 e. The molecule has 0 aliphatic carbocycles. The van der Waals surface area contributed by atoms with Gasteiger partial charge in [-0.05, 0) is 68.1 Å². The van der Waals surface area contributed by atoms with E-state index in [0.717, 1.165) is 18.2 Å². The number of sulfonamides is 1. The van der Waals surface area contributed by atoms with Gasteiger partial charge >= 0.3 is 0 Å². The number of carbonyl (C=O) groups is 1. The second-order valence-electron chi connectivity index (χ2n) is 7.30. The van der Waals surface area contributed by atoms with Crippen LogP contribution in [0, 0.1) is 13.8 Å². The van der Waals surface area contributed by atoms with Crippen molar-refractivity contribution in [3.63, 3.8) is 0 Å². The van der Waals surface area contributed by atoms with Crippen molar-refractivity contribution < 1.29 is 17.9 Å². The molecular formula is C22H30N2O4S. The van der Waals surface area contributed by atoms with Crippen molar-refractivity contribution in [1.29, 1.82) is 0 Å². The minimum atomic E-state index is -3.33. The lowest BCUT2D eigenvalue weighted by Crippen LogP contribution is -2.38. The van der Waals surface area contributed by atoms with Crippen molar-refractivity contribution in [2.45, 2.75) is 46.3 Å². The SMILES string of the molecule is CC[C@@H](NC(=O)[C@@H](C)Oc1ccc(N(C)S(C)(=O)=O)cc1)c1ccc(C)c(C)c1. The van der Waals surface area contributed by atoms with E-state index in [1.54, 1.807) is 31.2 Å². The normalized spacial score (nSPS) is 13.4. The molecule has 0 aromatic heterocycles. The Morgan fingerprint density at radius 2 is 1.72 bits per heavy atom. The lowest BCUT2D eigenvalue weighted by Gasteiger charge is -2.22. The van der Waals surface area contributed by atoms with Gasteiger partial charge in [-0.1, -0.05) is 25.1 Å². The summed E-state index contributed by atoms with van der Waals surface area (Å²) in [6.45, 7) is 7.85. The summed E-state index contributed by atoms with van der Waals surface area (Å²) >= 11 is 0. The maximum Gasteiger partial charge on any atom is 0.261 e. The highest BCUT2D eigenvalue weighted by atomic mass is 32.2. The fourth-order valence-electron chi connectivity index (χ4n) is 2.88. The molecular weight excluding hydrogens is 388 g/mol. The summed E-state index contributed by atoms with van der Waals surface area (Å²) in [5.74, 6) is 0.296. The van der Waals surface area contributed by atoms with E-state index in [0.29, 0.717) is 11.4 Å². The molecule has 2 rings (SSSR count). The van der Waals surface area contributed by atoms with E-state index in [9.17, 15) is 13.2 Å². The molecule has 0 spiro atoms. The molecule has 0 radical (unpaired) electrons. The van der Waals surface area contributed by atoms with Crippen LogP contribution in [0.2, 0.25) is 0 Å². The smallest absolute Gasteiger partial charge is 0.261 e. The summed E-state index contributed by atoms with van der Waals surface area (Å²) in [4.78, 5) is 12.6. The van der Waals surface area contributed by atoms with E-state index in [4.69, 9.17) is 4.74 Å². The van der Waals surface area contributed by atoms with Crippen molar-refractivity contribution in [3.8, 4) is 5.75 Å². The van der Waals surface area contributed by atoms with Crippen LogP contribution < -0.4 is 14.4 Å². The van der Waals surface area contributed by atoms with E-state index >= 15 is 0 Å². The summed E-state index contributed by atoms with van der Waals surface area (Å²) in [6.07, 6.45) is 1.23. The van der Waals surface area contributed by atoms with Crippen LogP contribution in [0.5, 0.6) is 5.75 Å². The van der Waals surface area contributed by atoms with Gasteiger partial charge in [-0.2, -0.15) is 0 Å². The number of amides is 1. The molecule has 2 aromatic rings. The molecule has 7 heteroatoms. The van der Waals surface area contributed by atoms with Crippen LogP contribution in [-0.2, 0) is 14.8 Å². The van der Waals surface area contributed by atoms with Crippen molar-refractivity contribution in [2.75, 3.05) is 17.6 Å². The van der Waals surface area contributed by atoms with Gasteiger partial charge in [0.25, 0.3) is 5.91 Å². The topological polar surface area (TPSA) is 75.7 Å². The lowest BCUT2D eigenvalue weighted by atomic mass is 9.99. The summed E-state index contributed by atoms with van der Waals surface area (Å²) in [7, 11) is -1.84. The summed E-state index contributed by atoms with van der Waals surface area (Å²) in [6, 6.07) is 12.7. The molecule has 0 unspecified atom stereocenters. The summed E-state index contributed by atoms with van der Waals surface area (Å²) in [5.41, 5.74) is 4.01. The van der Waals surface area contributed by atoms with Crippen molar-refractivity contribution in [3.05, 3.63) is 59.2 Å². The number of nitrogens with zero attached hydrogens (tertiary/aromatic N) is 1. The van der Waals surface area contributed by atoms with Gasteiger partial charge in [0.05, 0.1) is 18.0 Å². The highest BCUT2D eigenvalue weighted by Gasteiger charge is 2.20. The Hall–Kier alpha value is -2.54. The van der Waals surface area contributed by atoms with E-state index < -0.39 is 16.1 Å². The Morgan fingerprint density at radius 3 is 2.24 bits per heavy atom. The standard InChI is InChI=1S/C22H30N2O4S/c1-7-21(18-9-8-15(2)16(3)14-18)23-22(25)17(4)28-20-12-10-19(11-13-20)24(5)29(6,26)27/h8-14,17,21H,7H2,1-6H3,(H,23,25)/t17-,21-/m1/s1. The minimum absolute atomic E-state index is 0.0846. The van der Waals surface area contributed by atoms with Crippen LogP contribution in [-0.4, -0.2) is 33.7 Å². The van der Waals surface area contributed by atoms with Gasteiger partial charge in [0.1, 0.15) is 5.75 Å². The Labute approximate surface area is 173 Å². The van der Waals surface area contributed by atoms with Crippen molar-refractivity contribution in [2.24, 2.45) is 0 Å². The number of ether oxygens (including phenoxy) is 1. The zero-order valence-corrected chi connectivity index (χ0v) is 18.7. The van der Waals surface area contributed by atoms with E-state index in [2.05, 4.69) is 31.3 Å². The first kappa shape index (κ1) is 22.7. The predicted octanol–water partition coefficient (Wildman–Crippen LogP) is 3.73. The first-order chi connectivity index (χ1) is 13.5. The summed E-state index contributed by atoms with van der Waals surface area (Å²) < 4.78 is 30.1. The van der Waals surface area contributed by atoms with Gasteiger partial charge in [0.15, 0.2) is 6.10 Å². The number of hydrogen-bond acceptors (Lipinski definition) is 4. The highest BCUT2D eigenvalue weighted by Crippen LogP contribution is 2.22. The van der Waals surface area contributed by atoms with Gasteiger partial charge in [-0.3, -0.25) is 9.10 Å². The number of hydrogen-bond donors (Lipinski definition) is 1. The van der Waals surface area contributed by atoms with E-state index in [1.165, 1.54) is 22.5 Å². The van der Waals surface area contributed by atoms with Crippen LogP contribution in [0.4, 0.5) is 5.69 Å². The number of rotatable bonds is 8. The Morgan fingerprint density at radius 1 is 1.10 bits per heavy atom. The monoisotopic (exact) mass is 418 g/mol. The van der Waals surface area contributed by atoms with Crippen LogP contribution in [0.25, 0.3) is 0 Å². The average Bonchev–Trinajstić information content (AvgIpc) is 2.67. The van der Waals surface area contributed by atoms with Crippen LogP contribution in [0.3, 0.4) is 0 Å². The zero-order valence-electron chi connectivity index (χ0n) is 17.9. The van der Waals surface area contributed by atoms with Crippen molar-refractivity contribution >= 4 is 21.6 Å². The number of benzene rings is 2. The molecule has 6 nitrogen and oxygen atoms in total. The molecule has 0 aliphatic heterocycles. The first-order valence-electron chi connectivity index (χ1n) is 9.61. The van der Waals surface area contributed by atoms with E-state index in [-0.39, 0.29) is 11.9 Å². The quantitative estimate of drug-likeness (QED) is 0.709. The number of nitrogens with one attached hydrogen (secondary N) is 1. The number of carbonyl (C=O) groups excluding carboxylic acids is 1. The molecule has 2 aromatic carbocycles. The molecule has 29 heavy (non-hydrogen) atoms. The molecule has 0 saturated heterocycles. The Kier molecular flexibility index (Phi) is 7.30. The second kappa shape index (κ2) is 9.31. The number of anilines is 1. The zero-order chi connectivity index (χ0) is 21.8. The largest absolute Gasteiger partial charge is 0.481 e. The lowest BCUT2D eigenvalue weighted by molar-refractivity contribution is -0.128. The van der Waals surface area contributed by atoms with Crippen LogP contribution >= 0.6 is 0 Å². The fraction of sp³-hybridized carbons (Fsp3) is 0.409. The van der Waals surface area contributed by atoms with Crippen LogP contribution in [0.1, 0.15) is 43.0 Å². The van der Waals surface area contributed by atoms with Gasteiger partial charge in [0.2, 0.25) is 10.0 Å². The Balaban J connectivity index is 2.03. The van der Waals surface area contributed by atoms with Gasteiger partial charge < -0.3 is 10.1 Å². The molecule has 0 bridgehead atoms. The van der Waals surface area contributed by atoms with Gasteiger partial charge in [-0.25, -0.2) is 8.42 Å². The summed E-state index contributed by atoms with van der Waals surface area (Å²) in [5, 5.41) is 3.05. The third-order valence-electron chi connectivity index (χ3n) is 5.04. The second-order valence-corrected chi connectivity index (χ2v) is 9.31. The van der Waals surface area contributed by atoms with Gasteiger partial charge in [0, 0.05) is 7.05 Å². The maximum atomic E-state index is 12.6. The molecule has 0 aliphatic rings. The fourth-order valence-corrected chi connectivity index (χ4v) is 3.38. The number of aryl methyl sites for hydroxylation is 2.